The number of carbonyl (C=O) groups excluding carboxylic acids is 2. The van der Waals surface area contributed by atoms with Crippen LogP contribution in [0.15, 0.2) is 73.3 Å². The molecule has 0 aliphatic carbocycles. The molecule has 0 aromatic heterocycles. The van der Waals surface area contributed by atoms with E-state index in [2.05, 4.69) is 29.2 Å². The molecule has 3 aromatic carbocycles. The standard InChI is InChI=1S/C31H29Cl2IN2O5/c1-2-17-41-27-18-22(33)10-12-24(27)29-31(40)35(15-4-3-5-28(37)38)26-13-11-23(34)19-25(26)30(39)36(29)16-14-20-6-8-21(32)9-7-20/h2,6-13,18-19,29H,1,3-5,14-17H2,(H,37,38). The fraction of sp³-hybridized carbons (Fsp3) is 0.258. The molecule has 7 nitrogen and oxygen atoms in total. The second kappa shape index (κ2) is 14.2. The highest BCUT2D eigenvalue weighted by molar-refractivity contribution is 14.1. The molecular weight excluding hydrogens is 678 g/mol. The lowest BCUT2D eigenvalue weighted by Gasteiger charge is -2.32. The molecule has 0 saturated carbocycles. The largest absolute Gasteiger partial charge is 0.489 e. The Bertz CT molecular complexity index is 1450. The number of fused-ring (bicyclic) bond motifs is 1. The molecule has 0 saturated heterocycles. The summed E-state index contributed by atoms with van der Waals surface area (Å²) in [7, 11) is 0. The molecular formula is C31H29Cl2IN2O5. The summed E-state index contributed by atoms with van der Waals surface area (Å²) in [5.74, 6) is -1.11. The number of anilines is 1. The Kier molecular flexibility index (Phi) is 10.7. The van der Waals surface area contributed by atoms with Crippen LogP contribution in [0.25, 0.3) is 0 Å². The van der Waals surface area contributed by atoms with Crippen LogP contribution in [-0.4, -0.2) is 47.5 Å². The smallest absolute Gasteiger partial charge is 0.303 e. The number of nitrogens with zero attached hydrogens (tertiary/aromatic N) is 2. The molecule has 41 heavy (non-hydrogen) atoms. The molecule has 3 aromatic rings. The van der Waals surface area contributed by atoms with E-state index >= 15 is 0 Å². The van der Waals surface area contributed by atoms with Gasteiger partial charge in [0.2, 0.25) is 0 Å². The van der Waals surface area contributed by atoms with Crippen molar-refractivity contribution in [3.63, 3.8) is 0 Å². The van der Waals surface area contributed by atoms with E-state index in [1.54, 1.807) is 58.3 Å². The number of benzene rings is 3. The van der Waals surface area contributed by atoms with Crippen LogP contribution in [0.4, 0.5) is 5.69 Å². The minimum Gasteiger partial charge on any atom is -0.489 e. The van der Waals surface area contributed by atoms with Gasteiger partial charge in [-0.15, -0.1) is 0 Å². The first-order valence-corrected chi connectivity index (χ1v) is 14.9. The van der Waals surface area contributed by atoms with Crippen LogP contribution in [0.1, 0.15) is 46.8 Å². The number of unbranched alkanes of at least 4 members (excludes halogenated alkanes) is 1. The predicted molar refractivity (Wildman–Crippen MR) is 169 cm³/mol. The first-order valence-electron chi connectivity index (χ1n) is 13.1. The Hall–Kier alpha value is -3.08. The van der Waals surface area contributed by atoms with E-state index in [1.807, 2.05) is 18.2 Å². The number of rotatable bonds is 12. The molecule has 1 heterocycles. The number of halogens is 3. The molecule has 1 aliphatic rings. The fourth-order valence-corrected chi connectivity index (χ4v) is 5.58. The van der Waals surface area contributed by atoms with Crippen molar-refractivity contribution in [1.29, 1.82) is 0 Å². The first-order chi connectivity index (χ1) is 19.7. The molecule has 214 valence electrons. The number of carbonyl (C=O) groups is 3. The molecule has 2 amide bonds. The fourth-order valence-electron chi connectivity index (χ4n) is 4.80. The second-order valence-electron chi connectivity index (χ2n) is 9.56. The molecule has 4 rings (SSSR count). The van der Waals surface area contributed by atoms with Gasteiger partial charge in [0.15, 0.2) is 0 Å². The van der Waals surface area contributed by atoms with E-state index in [1.165, 1.54) is 0 Å². The maximum absolute atomic E-state index is 14.5. The van der Waals surface area contributed by atoms with Gasteiger partial charge in [-0.05, 0) is 89.9 Å². The van der Waals surface area contributed by atoms with E-state index in [4.69, 9.17) is 33.0 Å². The van der Waals surface area contributed by atoms with Gasteiger partial charge in [0.25, 0.3) is 11.8 Å². The number of carboxylic acids is 1. The summed E-state index contributed by atoms with van der Waals surface area (Å²) in [5, 5.41) is 10.2. The monoisotopic (exact) mass is 706 g/mol. The Morgan fingerprint density at radius 1 is 1.00 bits per heavy atom. The highest BCUT2D eigenvalue weighted by Gasteiger charge is 2.41. The molecule has 1 unspecified atom stereocenters. The van der Waals surface area contributed by atoms with E-state index in [0.29, 0.717) is 51.9 Å². The van der Waals surface area contributed by atoms with Crippen molar-refractivity contribution in [1.82, 2.24) is 4.90 Å². The Morgan fingerprint density at radius 2 is 1.73 bits per heavy atom. The number of amides is 2. The minimum atomic E-state index is -1.02. The van der Waals surface area contributed by atoms with Crippen LogP contribution < -0.4 is 9.64 Å². The summed E-state index contributed by atoms with van der Waals surface area (Å²) in [6, 6.07) is 16.8. The van der Waals surface area contributed by atoms with Crippen LogP contribution in [0.2, 0.25) is 10.0 Å². The minimum absolute atomic E-state index is 0.00607. The normalized spacial score (nSPS) is 15.0. The average Bonchev–Trinajstić information content (AvgIpc) is 3.02. The zero-order chi connectivity index (χ0) is 29.5. The van der Waals surface area contributed by atoms with Gasteiger partial charge < -0.3 is 19.6 Å². The van der Waals surface area contributed by atoms with Crippen molar-refractivity contribution < 1.29 is 24.2 Å². The summed E-state index contributed by atoms with van der Waals surface area (Å²) < 4.78 is 6.79. The third kappa shape index (κ3) is 7.61. The SMILES string of the molecule is C=CCOc1cc(Cl)ccc1C1C(=O)N(CCCCC(=O)O)c2ccc(I)cc2C(=O)N1CCc1ccc(Cl)cc1. The third-order valence-corrected chi connectivity index (χ3v) is 7.91. The van der Waals surface area contributed by atoms with Crippen molar-refractivity contribution in [2.45, 2.75) is 31.7 Å². The molecule has 0 radical (unpaired) electrons. The highest BCUT2D eigenvalue weighted by Crippen LogP contribution is 2.39. The lowest BCUT2D eigenvalue weighted by molar-refractivity contribution is -0.137. The quantitative estimate of drug-likeness (QED) is 0.122. The van der Waals surface area contributed by atoms with E-state index in [0.717, 1.165) is 9.13 Å². The average molecular weight is 707 g/mol. The van der Waals surface area contributed by atoms with Gasteiger partial charge in [-0.25, -0.2) is 0 Å². The van der Waals surface area contributed by atoms with Crippen LogP contribution in [0.3, 0.4) is 0 Å². The summed E-state index contributed by atoms with van der Waals surface area (Å²) in [4.78, 5) is 43.2. The second-order valence-corrected chi connectivity index (χ2v) is 11.7. The Morgan fingerprint density at radius 3 is 2.44 bits per heavy atom. The van der Waals surface area contributed by atoms with Crippen molar-refractivity contribution in [2.75, 3.05) is 24.6 Å². The van der Waals surface area contributed by atoms with Crippen molar-refractivity contribution in [3.8, 4) is 5.75 Å². The molecule has 10 heteroatoms. The third-order valence-electron chi connectivity index (χ3n) is 6.76. The Labute approximate surface area is 262 Å². The number of carboxylic acid groups (broad SMARTS) is 1. The van der Waals surface area contributed by atoms with Crippen LogP contribution >= 0.6 is 45.8 Å². The van der Waals surface area contributed by atoms with E-state index < -0.39 is 12.0 Å². The summed E-state index contributed by atoms with van der Waals surface area (Å²) >= 11 is 14.5. The summed E-state index contributed by atoms with van der Waals surface area (Å²) in [6.07, 6.45) is 2.92. The Balaban J connectivity index is 1.82. The number of hydrogen-bond acceptors (Lipinski definition) is 4. The first kappa shape index (κ1) is 30.9. The molecule has 0 fully saturated rings. The maximum Gasteiger partial charge on any atom is 0.303 e. The summed E-state index contributed by atoms with van der Waals surface area (Å²) in [6.45, 7) is 4.41. The van der Waals surface area contributed by atoms with Crippen molar-refractivity contribution in [3.05, 3.63) is 104 Å². The van der Waals surface area contributed by atoms with Gasteiger partial charge in [0.1, 0.15) is 18.4 Å². The topological polar surface area (TPSA) is 87.1 Å². The van der Waals surface area contributed by atoms with E-state index in [9.17, 15) is 14.4 Å². The summed E-state index contributed by atoms with van der Waals surface area (Å²) in [5.41, 5.74) is 2.37. The van der Waals surface area contributed by atoms with Gasteiger partial charge in [0, 0.05) is 38.7 Å². The maximum atomic E-state index is 14.5. The zero-order valence-corrected chi connectivity index (χ0v) is 25.9. The number of hydrogen-bond donors (Lipinski definition) is 1. The van der Waals surface area contributed by atoms with Gasteiger partial charge in [-0.2, -0.15) is 0 Å². The van der Waals surface area contributed by atoms with Gasteiger partial charge in [-0.3, -0.25) is 14.4 Å². The molecule has 0 bridgehead atoms. The van der Waals surface area contributed by atoms with Crippen molar-refractivity contribution >= 4 is 69.3 Å². The molecule has 1 atom stereocenters. The van der Waals surface area contributed by atoms with Crippen molar-refractivity contribution in [2.24, 2.45) is 0 Å². The lowest BCUT2D eigenvalue weighted by atomic mass is 10.0. The number of ether oxygens (including phenoxy) is 1. The molecule has 1 aliphatic heterocycles. The molecule has 1 N–H and O–H groups in total. The lowest BCUT2D eigenvalue weighted by Crippen LogP contribution is -2.43. The van der Waals surface area contributed by atoms with Crippen LogP contribution in [-0.2, 0) is 16.0 Å². The van der Waals surface area contributed by atoms with Gasteiger partial charge in [-0.1, -0.05) is 54.1 Å². The molecule has 0 spiro atoms. The number of aliphatic carboxylic acids is 1. The zero-order valence-electron chi connectivity index (χ0n) is 22.2. The van der Waals surface area contributed by atoms with E-state index in [-0.39, 0.29) is 37.9 Å². The predicted octanol–water partition coefficient (Wildman–Crippen LogP) is 7.19. The van der Waals surface area contributed by atoms with Gasteiger partial charge in [0.05, 0.1) is 11.3 Å². The van der Waals surface area contributed by atoms with Crippen LogP contribution in [0, 0.1) is 3.57 Å². The van der Waals surface area contributed by atoms with Crippen LogP contribution in [0.5, 0.6) is 5.75 Å². The highest BCUT2D eigenvalue weighted by atomic mass is 127. The van der Waals surface area contributed by atoms with Gasteiger partial charge >= 0.3 is 5.97 Å².